The van der Waals surface area contributed by atoms with E-state index in [1.165, 1.54) is 13.2 Å². The van der Waals surface area contributed by atoms with Gasteiger partial charge in [0.15, 0.2) is 6.10 Å². The van der Waals surface area contributed by atoms with E-state index in [9.17, 15) is 9.59 Å². The van der Waals surface area contributed by atoms with Crippen molar-refractivity contribution in [2.75, 3.05) is 18.5 Å². The normalized spacial score (nSPS) is 15.0. The van der Waals surface area contributed by atoms with E-state index >= 15 is 0 Å². The molecule has 1 aliphatic rings. The van der Waals surface area contributed by atoms with Crippen molar-refractivity contribution < 1.29 is 23.8 Å². The molecular formula is C18H23NO5. The zero-order chi connectivity index (χ0) is 17.7. The third-order valence-corrected chi connectivity index (χ3v) is 3.68. The number of nitrogens with one attached hydrogen (secondary N) is 1. The van der Waals surface area contributed by atoms with Crippen LogP contribution < -0.4 is 5.32 Å². The van der Waals surface area contributed by atoms with Gasteiger partial charge in [0.05, 0.1) is 0 Å². The molecule has 1 amide bonds. The number of hydrogen-bond donors (Lipinski definition) is 1. The maximum Gasteiger partial charge on any atom is 0.377 e. The Kier molecular flexibility index (Phi) is 5.84. The molecule has 6 nitrogen and oxygen atoms in total. The highest BCUT2D eigenvalue weighted by atomic mass is 16.6. The summed E-state index contributed by atoms with van der Waals surface area (Å²) < 4.78 is 15.3. The van der Waals surface area contributed by atoms with Crippen molar-refractivity contribution in [3.63, 3.8) is 0 Å². The summed E-state index contributed by atoms with van der Waals surface area (Å²) in [5.41, 5.74) is 2.75. The summed E-state index contributed by atoms with van der Waals surface area (Å²) >= 11 is 0. The number of anilines is 1. The van der Waals surface area contributed by atoms with E-state index in [0.717, 1.165) is 16.8 Å². The van der Waals surface area contributed by atoms with Crippen molar-refractivity contribution in [1.29, 1.82) is 0 Å². The Balaban J connectivity index is 2.04. The van der Waals surface area contributed by atoms with Crippen molar-refractivity contribution >= 4 is 17.6 Å². The van der Waals surface area contributed by atoms with E-state index < -0.39 is 18.0 Å². The Hall–Kier alpha value is -2.50. The first-order valence-corrected chi connectivity index (χ1v) is 7.96. The van der Waals surface area contributed by atoms with Crippen molar-refractivity contribution in [2.45, 2.75) is 39.7 Å². The minimum absolute atomic E-state index is 0.0281. The predicted molar refractivity (Wildman–Crippen MR) is 89.4 cm³/mol. The Morgan fingerprint density at radius 2 is 1.96 bits per heavy atom. The van der Waals surface area contributed by atoms with Crippen LogP contribution in [0.2, 0.25) is 0 Å². The summed E-state index contributed by atoms with van der Waals surface area (Å²) in [6.45, 7) is 8.23. The van der Waals surface area contributed by atoms with Crippen LogP contribution in [0, 0.1) is 6.92 Å². The monoisotopic (exact) mass is 333 g/mol. The van der Waals surface area contributed by atoms with Crippen molar-refractivity contribution in [3.8, 4) is 0 Å². The molecule has 0 bridgehead atoms. The van der Waals surface area contributed by atoms with Crippen molar-refractivity contribution in [2.24, 2.45) is 0 Å². The van der Waals surface area contributed by atoms with Crippen LogP contribution in [0.5, 0.6) is 0 Å². The van der Waals surface area contributed by atoms with Gasteiger partial charge in [-0.25, -0.2) is 4.79 Å². The standard InChI is InChI=1S/C18H23NO5/c1-11(2)14-7-5-6-12(3)16(14)19-17(20)13(4)24-18(21)15-10-22-8-9-23-15/h5-7,10-11,13H,8-9H2,1-4H3,(H,19,20)/t13-/m1/s1. The molecule has 0 spiro atoms. The van der Waals surface area contributed by atoms with Gasteiger partial charge in [-0.15, -0.1) is 0 Å². The highest BCUT2D eigenvalue weighted by molar-refractivity contribution is 5.97. The second-order valence-electron chi connectivity index (χ2n) is 5.93. The van der Waals surface area contributed by atoms with Crippen LogP contribution in [0.1, 0.15) is 37.8 Å². The van der Waals surface area contributed by atoms with E-state index in [-0.39, 0.29) is 18.3 Å². The van der Waals surface area contributed by atoms with Crippen LogP contribution in [0.4, 0.5) is 5.69 Å². The van der Waals surface area contributed by atoms with Gasteiger partial charge < -0.3 is 19.5 Å². The Bertz CT molecular complexity index is 651. The van der Waals surface area contributed by atoms with Crippen LogP contribution in [-0.4, -0.2) is 31.2 Å². The topological polar surface area (TPSA) is 73.9 Å². The third-order valence-electron chi connectivity index (χ3n) is 3.68. The fourth-order valence-electron chi connectivity index (χ4n) is 2.31. The largest absolute Gasteiger partial charge is 0.493 e. The van der Waals surface area contributed by atoms with Crippen molar-refractivity contribution in [3.05, 3.63) is 41.3 Å². The van der Waals surface area contributed by atoms with Gasteiger partial charge >= 0.3 is 5.97 Å². The van der Waals surface area contributed by atoms with Gasteiger partial charge in [0.25, 0.3) is 5.91 Å². The van der Waals surface area contributed by atoms with Crippen molar-refractivity contribution in [1.82, 2.24) is 0 Å². The number of rotatable bonds is 5. The Morgan fingerprint density at radius 3 is 2.58 bits per heavy atom. The fourth-order valence-corrected chi connectivity index (χ4v) is 2.31. The zero-order valence-corrected chi connectivity index (χ0v) is 14.4. The summed E-state index contributed by atoms with van der Waals surface area (Å²) in [6.07, 6.45) is 0.248. The van der Waals surface area contributed by atoms with E-state index in [1.54, 1.807) is 0 Å². The number of amides is 1. The Labute approximate surface area is 141 Å². The second-order valence-corrected chi connectivity index (χ2v) is 5.93. The first-order chi connectivity index (χ1) is 11.4. The first-order valence-electron chi connectivity index (χ1n) is 7.96. The smallest absolute Gasteiger partial charge is 0.377 e. The van der Waals surface area contributed by atoms with Crippen LogP contribution >= 0.6 is 0 Å². The average Bonchev–Trinajstić information content (AvgIpc) is 2.57. The summed E-state index contributed by atoms with van der Waals surface area (Å²) in [4.78, 5) is 24.3. The lowest BCUT2D eigenvalue weighted by molar-refractivity contribution is -0.153. The minimum atomic E-state index is -0.955. The molecule has 0 aliphatic carbocycles. The zero-order valence-electron chi connectivity index (χ0n) is 14.4. The summed E-state index contributed by atoms with van der Waals surface area (Å²) in [5, 5.41) is 2.86. The van der Waals surface area contributed by atoms with E-state index in [2.05, 4.69) is 19.2 Å². The number of hydrogen-bond acceptors (Lipinski definition) is 5. The molecular weight excluding hydrogens is 310 g/mol. The van der Waals surface area contributed by atoms with Gasteiger partial charge in [-0.2, -0.15) is 0 Å². The molecule has 1 aliphatic heterocycles. The van der Waals surface area contributed by atoms with Gasteiger partial charge in [0, 0.05) is 5.69 Å². The molecule has 0 saturated heterocycles. The summed E-state index contributed by atoms with van der Waals surface area (Å²) in [5.74, 6) is -0.876. The summed E-state index contributed by atoms with van der Waals surface area (Å²) in [7, 11) is 0. The number of carbonyl (C=O) groups is 2. The molecule has 0 aromatic heterocycles. The van der Waals surface area contributed by atoms with Crippen LogP contribution in [0.3, 0.4) is 0 Å². The van der Waals surface area contributed by atoms with Gasteiger partial charge in [-0.05, 0) is 30.9 Å². The van der Waals surface area contributed by atoms with Gasteiger partial charge in [-0.1, -0.05) is 32.0 Å². The lowest BCUT2D eigenvalue weighted by Gasteiger charge is -2.20. The Morgan fingerprint density at radius 1 is 1.21 bits per heavy atom. The quantitative estimate of drug-likeness (QED) is 0.839. The van der Waals surface area contributed by atoms with E-state index in [4.69, 9.17) is 14.2 Å². The van der Waals surface area contributed by atoms with Gasteiger partial charge in [0.2, 0.25) is 5.76 Å². The number of benzene rings is 1. The first kappa shape index (κ1) is 17.8. The molecule has 0 radical (unpaired) electrons. The highest BCUT2D eigenvalue weighted by Crippen LogP contribution is 2.27. The van der Waals surface area contributed by atoms with Gasteiger partial charge in [0.1, 0.15) is 19.5 Å². The molecule has 6 heteroatoms. The number of esters is 1. The average molecular weight is 333 g/mol. The fraction of sp³-hybridized carbons (Fsp3) is 0.444. The maximum atomic E-state index is 12.4. The summed E-state index contributed by atoms with van der Waals surface area (Å²) in [6, 6.07) is 5.86. The molecule has 1 aromatic carbocycles. The molecule has 1 heterocycles. The van der Waals surface area contributed by atoms with E-state index in [1.807, 2.05) is 25.1 Å². The molecule has 1 N–H and O–H groups in total. The molecule has 0 saturated carbocycles. The number of para-hydroxylation sites is 1. The van der Waals surface area contributed by atoms with Crippen LogP contribution in [-0.2, 0) is 23.8 Å². The maximum absolute atomic E-state index is 12.4. The molecule has 130 valence electrons. The number of ether oxygens (including phenoxy) is 3. The van der Waals surface area contributed by atoms with Gasteiger partial charge in [-0.3, -0.25) is 4.79 Å². The lowest BCUT2D eigenvalue weighted by Crippen LogP contribution is -2.32. The SMILES string of the molecule is Cc1cccc(C(C)C)c1NC(=O)[C@@H](C)OC(=O)C1=COCCO1. The number of carbonyl (C=O) groups excluding carboxylic acids is 2. The van der Waals surface area contributed by atoms with Crippen LogP contribution in [0.25, 0.3) is 0 Å². The second kappa shape index (κ2) is 7.86. The molecule has 1 aromatic rings. The lowest BCUT2D eigenvalue weighted by atomic mass is 9.98. The minimum Gasteiger partial charge on any atom is -0.493 e. The third kappa shape index (κ3) is 4.28. The molecule has 0 unspecified atom stereocenters. The van der Waals surface area contributed by atoms with Crippen LogP contribution in [0.15, 0.2) is 30.2 Å². The van der Waals surface area contributed by atoms with E-state index in [0.29, 0.717) is 6.61 Å². The molecule has 24 heavy (non-hydrogen) atoms. The predicted octanol–water partition coefficient (Wildman–Crippen LogP) is 2.88. The molecule has 2 rings (SSSR count). The molecule has 0 fully saturated rings. The molecule has 1 atom stereocenters. The number of aryl methyl sites for hydroxylation is 1. The highest BCUT2D eigenvalue weighted by Gasteiger charge is 2.24.